The second-order valence-corrected chi connectivity index (χ2v) is 7.07. The Bertz CT molecular complexity index is 940. The maximum atomic E-state index is 11.0. The van der Waals surface area contributed by atoms with Gasteiger partial charge in [-0.05, 0) is 49.2 Å². The first-order valence-electron chi connectivity index (χ1n) is 9.34. The van der Waals surface area contributed by atoms with Gasteiger partial charge < -0.3 is 19.9 Å². The Hall–Kier alpha value is -2.86. The molecule has 2 aromatic carbocycles. The fourth-order valence-corrected chi connectivity index (χ4v) is 3.75. The Morgan fingerprint density at radius 3 is 2.52 bits per heavy atom. The van der Waals surface area contributed by atoms with E-state index in [9.17, 15) is 4.79 Å². The second-order valence-electron chi connectivity index (χ2n) is 7.07. The summed E-state index contributed by atoms with van der Waals surface area (Å²) in [7, 11) is 2.07. The number of carbonyl (C=O) groups is 1. The number of hydrogen-bond acceptors (Lipinski definition) is 4. The van der Waals surface area contributed by atoms with Crippen molar-refractivity contribution in [2.45, 2.75) is 25.4 Å². The Labute approximate surface area is 158 Å². The fraction of sp³-hybridized carbons (Fsp3) is 0.333. The van der Waals surface area contributed by atoms with Gasteiger partial charge in [0.15, 0.2) is 0 Å². The van der Waals surface area contributed by atoms with Crippen molar-refractivity contribution in [2.75, 3.05) is 18.0 Å². The summed E-state index contributed by atoms with van der Waals surface area (Å²) in [5.74, 6) is 0.175. The van der Waals surface area contributed by atoms with Crippen LogP contribution in [0.2, 0.25) is 0 Å². The van der Waals surface area contributed by atoms with Crippen molar-refractivity contribution in [2.24, 2.45) is 7.05 Å². The number of carboxylic acids is 1. The van der Waals surface area contributed by atoms with E-state index in [1.54, 1.807) is 12.1 Å². The molecule has 1 saturated heterocycles. The number of benzene rings is 2. The van der Waals surface area contributed by atoms with Crippen LogP contribution in [0.5, 0.6) is 0 Å². The van der Waals surface area contributed by atoms with E-state index in [1.807, 2.05) is 30.3 Å². The molecular weight excluding hydrogens is 340 g/mol. The van der Waals surface area contributed by atoms with Gasteiger partial charge in [0.05, 0.1) is 23.1 Å². The quantitative estimate of drug-likeness (QED) is 0.728. The molecule has 27 heavy (non-hydrogen) atoms. The smallest absolute Gasteiger partial charge is 0.335 e. The zero-order chi connectivity index (χ0) is 18.8. The molecule has 1 aliphatic heterocycles. The number of hydrogen-bond donors (Lipinski definition) is 2. The number of aromatic nitrogens is 2. The lowest BCUT2D eigenvalue weighted by molar-refractivity contribution is 0.0697. The highest BCUT2D eigenvalue weighted by Crippen LogP contribution is 2.21. The summed E-state index contributed by atoms with van der Waals surface area (Å²) < 4.78 is 2.15. The highest BCUT2D eigenvalue weighted by Gasteiger charge is 2.20. The molecule has 0 spiro atoms. The van der Waals surface area contributed by atoms with Crippen LogP contribution in [0.1, 0.15) is 29.0 Å². The second kappa shape index (κ2) is 7.40. The van der Waals surface area contributed by atoms with Crippen LogP contribution in [0.4, 0.5) is 5.69 Å². The first-order chi connectivity index (χ1) is 13.1. The first-order valence-corrected chi connectivity index (χ1v) is 9.34. The highest BCUT2D eigenvalue weighted by atomic mass is 16.4. The van der Waals surface area contributed by atoms with Crippen molar-refractivity contribution in [1.82, 2.24) is 14.9 Å². The third kappa shape index (κ3) is 3.66. The number of aryl methyl sites for hydroxylation is 1. The number of imidazole rings is 1. The third-order valence-corrected chi connectivity index (χ3v) is 5.40. The number of anilines is 1. The lowest BCUT2D eigenvalue weighted by atomic mass is 10.0. The molecule has 0 radical (unpaired) electrons. The number of nitrogens with zero attached hydrogens (tertiary/aromatic N) is 3. The molecule has 2 N–H and O–H groups in total. The molecule has 2 heterocycles. The van der Waals surface area contributed by atoms with Crippen molar-refractivity contribution < 1.29 is 9.90 Å². The van der Waals surface area contributed by atoms with Crippen LogP contribution in [0.15, 0.2) is 48.5 Å². The lowest BCUT2D eigenvalue weighted by Crippen LogP contribution is -2.42. The maximum Gasteiger partial charge on any atom is 0.335 e. The number of para-hydroxylation sites is 2. The minimum atomic E-state index is -0.883. The summed E-state index contributed by atoms with van der Waals surface area (Å²) >= 11 is 0. The van der Waals surface area contributed by atoms with Gasteiger partial charge in [0, 0.05) is 31.9 Å². The number of nitrogens with one attached hydrogen (secondary N) is 1. The summed E-state index contributed by atoms with van der Waals surface area (Å²) in [6, 6.07) is 15.8. The van der Waals surface area contributed by atoms with Gasteiger partial charge in [-0.3, -0.25) is 0 Å². The molecule has 6 heteroatoms. The van der Waals surface area contributed by atoms with Crippen LogP contribution in [0.3, 0.4) is 0 Å². The molecule has 0 bridgehead atoms. The SMILES string of the molecule is Cn1c(CNC2CCN(c3ccc(C(=O)O)cc3)CC2)nc2ccccc21. The molecule has 0 atom stereocenters. The number of aromatic carboxylic acids is 1. The van der Waals surface area contributed by atoms with Crippen molar-refractivity contribution in [3.63, 3.8) is 0 Å². The predicted octanol–water partition coefficient (Wildman–Crippen LogP) is 3.03. The lowest BCUT2D eigenvalue weighted by Gasteiger charge is -2.34. The zero-order valence-electron chi connectivity index (χ0n) is 15.4. The molecule has 0 saturated carbocycles. The topological polar surface area (TPSA) is 70.4 Å². The van der Waals surface area contributed by atoms with Gasteiger partial charge in [0.2, 0.25) is 0 Å². The van der Waals surface area contributed by atoms with E-state index in [0.29, 0.717) is 11.6 Å². The van der Waals surface area contributed by atoms with Crippen LogP contribution in [0, 0.1) is 0 Å². The Morgan fingerprint density at radius 1 is 1.15 bits per heavy atom. The monoisotopic (exact) mass is 364 g/mol. The summed E-state index contributed by atoms with van der Waals surface area (Å²) in [5, 5.41) is 12.7. The van der Waals surface area contributed by atoms with Gasteiger partial charge in [-0.1, -0.05) is 12.1 Å². The number of carboxylic acid groups (broad SMARTS) is 1. The normalized spacial score (nSPS) is 15.4. The van der Waals surface area contributed by atoms with E-state index in [4.69, 9.17) is 10.1 Å². The molecular formula is C21H24N4O2. The molecule has 140 valence electrons. The Morgan fingerprint density at radius 2 is 1.85 bits per heavy atom. The van der Waals surface area contributed by atoms with Crippen molar-refractivity contribution in [3.05, 3.63) is 59.9 Å². The minimum absolute atomic E-state index is 0.331. The standard InChI is InChI=1S/C21H24N4O2/c1-24-19-5-3-2-4-18(19)23-20(24)14-22-16-10-12-25(13-11-16)17-8-6-15(7-9-17)21(26)27/h2-9,16,22H,10-14H2,1H3,(H,26,27). The molecule has 0 aliphatic carbocycles. The average Bonchev–Trinajstić information content (AvgIpc) is 3.03. The van der Waals surface area contributed by atoms with E-state index in [0.717, 1.165) is 55.0 Å². The third-order valence-electron chi connectivity index (χ3n) is 5.40. The highest BCUT2D eigenvalue weighted by molar-refractivity contribution is 5.88. The summed E-state index contributed by atoms with van der Waals surface area (Å²) in [4.78, 5) is 18.0. The van der Waals surface area contributed by atoms with Gasteiger partial charge in [0.1, 0.15) is 5.82 Å². The van der Waals surface area contributed by atoms with E-state index in [-0.39, 0.29) is 0 Å². The molecule has 4 rings (SSSR count). The van der Waals surface area contributed by atoms with E-state index in [2.05, 4.69) is 27.9 Å². The van der Waals surface area contributed by atoms with Crippen LogP contribution >= 0.6 is 0 Å². The van der Waals surface area contributed by atoms with Crippen molar-refractivity contribution in [1.29, 1.82) is 0 Å². The van der Waals surface area contributed by atoms with Gasteiger partial charge in [-0.25, -0.2) is 9.78 Å². The predicted molar refractivity (Wildman–Crippen MR) is 106 cm³/mol. The Kier molecular flexibility index (Phi) is 4.81. The maximum absolute atomic E-state index is 11.0. The number of piperidine rings is 1. The first kappa shape index (κ1) is 17.5. The van der Waals surface area contributed by atoms with Gasteiger partial charge in [-0.15, -0.1) is 0 Å². The molecule has 3 aromatic rings. The molecule has 1 aliphatic rings. The van der Waals surface area contributed by atoms with E-state index in [1.165, 1.54) is 0 Å². The summed E-state index contributed by atoms with van der Waals surface area (Å²) in [6.07, 6.45) is 2.12. The van der Waals surface area contributed by atoms with E-state index < -0.39 is 5.97 Å². The van der Waals surface area contributed by atoms with Crippen molar-refractivity contribution in [3.8, 4) is 0 Å². The average molecular weight is 364 g/mol. The summed E-state index contributed by atoms with van der Waals surface area (Å²) in [5.41, 5.74) is 3.62. The number of fused-ring (bicyclic) bond motifs is 1. The van der Waals surface area contributed by atoms with Crippen molar-refractivity contribution >= 4 is 22.7 Å². The molecule has 1 aromatic heterocycles. The number of rotatable bonds is 5. The largest absolute Gasteiger partial charge is 0.478 e. The molecule has 1 fully saturated rings. The molecule has 6 nitrogen and oxygen atoms in total. The van der Waals surface area contributed by atoms with Gasteiger partial charge in [0.25, 0.3) is 0 Å². The Balaban J connectivity index is 1.32. The van der Waals surface area contributed by atoms with Crippen LogP contribution < -0.4 is 10.2 Å². The van der Waals surface area contributed by atoms with Crippen LogP contribution in [-0.2, 0) is 13.6 Å². The molecule has 0 unspecified atom stereocenters. The van der Waals surface area contributed by atoms with Gasteiger partial charge in [-0.2, -0.15) is 0 Å². The fourth-order valence-electron chi connectivity index (χ4n) is 3.75. The van der Waals surface area contributed by atoms with E-state index >= 15 is 0 Å². The van der Waals surface area contributed by atoms with Crippen LogP contribution in [-0.4, -0.2) is 39.8 Å². The minimum Gasteiger partial charge on any atom is -0.478 e. The van der Waals surface area contributed by atoms with Gasteiger partial charge >= 0.3 is 5.97 Å². The molecule has 0 amide bonds. The summed E-state index contributed by atoms with van der Waals surface area (Å²) in [6.45, 7) is 2.70. The zero-order valence-corrected chi connectivity index (χ0v) is 15.4. The van der Waals surface area contributed by atoms with Crippen LogP contribution in [0.25, 0.3) is 11.0 Å².